The molecule has 0 atom stereocenters. The number of carbonyl (C=O) groups is 1. The zero-order valence-electron chi connectivity index (χ0n) is 16.2. The summed E-state index contributed by atoms with van der Waals surface area (Å²) in [4.78, 5) is 13.1. The monoisotopic (exact) mass is 396 g/mol. The molecule has 146 valence electrons. The van der Waals surface area contributed by atoms with Crippen molar-refractivity contribution in [2.24, 2.45) is 5.92 Å². The molecule has 0 amide bonds. The first kappa shape index (κ1) is 19.0. The van der Waals surface area contributed by atoms with E-state index in [0.717, 1.165) is 53.6 Å². The number of fused-ring (bicyclic) bond motifs is 1. The van der Waals surface area contributed by atoms with Crippen molar-refractivity contribution in [3.05, 3.63) is 53.2 Å². The number of Topliss-reactive ketones (excluding diaryl/α,β-unsaturated/α-hetero) is 1. The number of ether oxygens (including phenoxy) is 1. The summed E-state index contributed by atoms with van der Waals surface area (Å²) in [6.45, 7) is 0. The third-order valence-electron chi connectivity index (χ3n) is 5.71. The van der Waals surface area contributed by atoms with Crippen LogP contribution in [0.25, 0.3) is 16.6 Å². The number of nitrogens with zero attached hydrogens (tertiary/aromatic N) is 2. The van der Waals surface area contributed by atoms with Gasteiger partial charge in [0.2, 0.25) is 0 Å². The Labute approximate surface area is 170 Å². The minimum atomic E-state index is 0.133. The van der Waals surface area contributed by atoms with Gasteiger partial charge in [-0.25, -0.2) is 4.68 Å². The smallest absolute Gasteiger partial charge is 0.165 e. The van der Waals surface area contributed by atoms with Crippen LogP contribution in [0.4, 0.5) is 0 Å². The summed E-state index contributed by atoms with van der Waals surface area (Å²) in [5, 5.41) is 5.71. The second-order valence-electron chi connectivity index (χ2n) is 7.54. The summed E-state index contributed by atoms with van der Waals surface area (Å²) in [7, 11) is 1.64. The molecule has 1 fully saturated rings. The van der Waals surface area contributed by atoms with Crippen LogP contribution in [-0.2, 0) is 0 Å². The highest BCUT2D eigenvalue weighted by molar-refractivity contribution is 6.34. The lowest BCUT2D eigenvalue weighted by molar-refractivity contribution is 0.0898. The van der Waals surface area contributed by atoms with Crippen LogP contribution in [0, 0.1) is 5.92 Å². The fourth-order valence-corrected chi connectivity index (χ4v) is 4.34. The summed E-state index contributed by atoms with van der Waals surface area (Å²) in [6, 6.07) is 13.4. The van der Waals surface area contributed by atoms with Gasteiger partial charge in [0.05, 0.1) is 18.3 Å². The topological polar surface area (TPSA) is 44.1 Å². The zero-order valence-corrected chi connectivity index (χ0v) is 16.9. The van der Waals surface area contributed by atoms with E-state index >= 15 is 0 Å². The van der Waals surface area contributed by atoms with Crippen LogP contribution in [0.1, 0.15) is 55.3 Å². The van der Waals surface area contributed by atoms with Gasteiger partial charge in [-0.15, -0.1) is 0 Å². The first-order chi connectivity index (χ1) is 13.7. The molecule has 1 saturated carbocycles. The third kappa shape index (κ3) is 3.79. The summed E-state index contributed by atoms with van der Waals surface area (Å²) in [6.07, 6.45) is 8.06. The van der Waals surface area contributed by atoms with Crippen LogP contribution in [0.15, 0.2) is 42.5 Å². The van der Waals surface area contributed by atoms with E-state index in [1.54, 1.807) is 11.8 Å². The maximum absolute atomic E-state index is 13.1. The standard InChI is InChI=1S/C23H25ClN2O2/c1-28-19-12-10-18(11-13-19)26-21-14-9-17(15-20(21)23(24)25-26)22(27)16-7-5-3-2-4-6-8-16/h9-16H,2-8H2,1H3. The summed E-state index contributed by atoms with van der Waals surface area (Å²) in [5.74, 6) is 1.17. The Morgan fingerprint density at radius 3 is 2.39 bits per heavy atom. The molecule has 2 aromatic carbocycles. The second-order valence-corrected chi connectivity index (χ2v) is 7.90. The molecule has 1 aliphatic carbocycles. The molecule has 28 heavy (non-hydrogen) atoms. The summed E-state index contributed by atoms with van der Waals surface area (Å²) < 4.78 is 7.03. The predicted molar refractivity (Wildman–Crippen MR) is 113 cm³/mol. The average molecular weight is 397 g/mol. The minimum absolute atomic E-state index is 0.133. The molecule has 0 N–H and O–H groups in total. The Kier molecular flexibility index (Phi) is 5.67. The normalized spacial score (nSPS) is 15.9. The molecular weight excluding hydrogens is 372 g/mol. The molecule has 0 bridgehead atoms. The molecule has 4 nitrogen and oxygen atoms in total. The van der Waals surface area contributed by atoms with Gasteiger partial charge in [0.15, 0.2) is 10.9 Å². The number of ketones is 1. The van der Waals surface area contributed by atoms with Gasteiger partial charge in [-0.2, -0.15) is 5.10 Å². The number of benzene rings is 2. The highest BCUT2D eigenvalue weighted by Gasteiger charge is 2.22. The lowest BCUT2D eigenvalue weighted by atomic mass is 9.85. The van der Waals surface area contributed by atoms with Gasteiger partial charge in [-0.3, -0.25) is 4.79 Å². The minimum Gasteiger partial charge on any atom is -0.497 e. The largest absolute Gasteiger partial charge is 0.497 e. The predicted octanol–water partition coefficient (Wildman–Crippen LogP) is 6.23. The van der Waals surface area contributed by atoms with E-state index in [-0.39, 0.29) is 11.7 Å². The second kappa shape index (κ2) is 8.36. The van der Waals surface area contributed by atoms with Crippen molar-refractivity contribution in [2.45, 2.75) is 44.9 Å². The maximum atomic E-state index is 13.1. The van der Waals surface area contributed by atoms with Crippen molar-refractivity contribution in [3.63, 3.8) is 0 Å². The molecule has 1 aliphatic rings. The van der Waals surface area contributed by atoms with E-state index in [2.05, 4.69) is 5.10 Å². The lowest BCUT2D eigenvalue weighted by Gasteiger charge is -2.18. The van der Waals surface area contributed by atoms with Gasteiger partial charge in [-0.05, 0) is 55.3 Å². The molecule has 1 aromatic heterocycles. The SMILES string of the molecule is COc1ccc(-n2nc(Cl)c3cc(C(=O)C4CCCCCCC4)ccc32)cc1. The van der Waals surface area contributed by atoms with Crippen LogP contribution in [0.5, 0.6) is 5.75 Å². The quantitative estimate of drug-likeness (QED) is 0.491. The van der Waals surface area contributed by atoms with E-state index in [1.165, 1.54) is 19.3 Å². The Morgan fingerprint density at radius 2 is 1.71 bits per heavy atom. The van der Waals surface area contributed by atoms with Crippen LogP contribution < -0.4 is 4.74 Å². The van der Waals surface area contributed by atoms with Crippen LogP contribution in [-0.4, -0.2) is 22.7 Å². The molecule has 0 radical (unpaired) electrons. The van der Waals surface area contributed by atoms with E-state index in [1.807, 2.05) is 42.5 Å². The number of methoxy groups -OCH3 is 1. The van der Waals surface area contributed by atoms with E-state index < -0.39 is 0 Å². The molecule has 5 heteroatoms. The van der Waals surface area contributed by atoms with Crippen LogP contribution in [0.2, 0.25) is 5.15 Å². The zero-order chi connectivity index (χ0) is 19.5. The van der Waals surface area contributed by atoms with Crippen molar-refractivity contribution >= 4 is 28.3 Å². The van der Waals surface area contributed by atoms with Gasteiger partial charge >= 0.3 is 0 Å². The Hall–Kier alpha value is -2.33. The Bertz CT molecular complexity index is 970. The third-order valence-corrected chi connectivity index (χ3v) is 5.99. The van der Waals surface area contributed by atoms with Crippen molar-refractivity contribution in [3.8, 4) is 11.4 Å². The van der Waals surface area contributed by atoms with Crippen LogP contribution >= 0.6 is 11.6 Å². The number of halogens is 1. The van der Waals surface area contributed by atoms with E-state index in [9.17, 15) is 4.79 Å². The average Bonchev–Trinajstić information content (AvgIpc) is 3.03. The molecule has 1 heterocycles. The van der Waals surface area contributed by atoms with E-state index in [0.29, 0.717) is 5.15 Å². The maximum Gasteiger partial charge on any atom is 0.165 e. The Balaban J connectivity index is 1.65. The molecule has 0 aliphatic heterocycles. The fourth-order valence-electron chi connectivity index (χ4n) is 4.11. The molecule has 4 rings (SSSR count). The van der Waals surface area contributed by atoms with Crippen molar-refractivity contribution < 1.29 is 9.53 Å². The number of carbonyl (C=O) groups excluding carboxylic acids is 1. The number of hydrogen-bond acceptors (Lipinski definition) is 3. The van der Waals surface area contributed by atoms with Crippen molar-refractivity contribution in [1.82, 2.24) is 9.78 Å². The molecular formula is C23H25ClN2O2. The highest BCUT2D eigenvalue weighted by Crippen LogP contribution is 2.30. The first-order valence-electron chi connectivity index (χ1n) is 10.0. The van der Waals surface area contributed by atoms with Crippen LogP contribution in [0.3, 0.4) is 0 Å². The molecule has 0 unspecified atom stereocenters. The van der Waals surface area contributed by atoms with Crippen molar-refractivity contribution in [1.29, 1.82) is 0 Å². The summed E-state index contributed by atoms with van der Waals surface area (Å²) in [5.41, 5.74) is 2.54. The molecule has 3 aromatic rings. The number of hydrogen-bond donors (Lipinski definition) is 0. The van der Waals surface area contributed by atoms with E-state index in [4.69, 9.17) is 16.3 Å². The number of rotatable bonds is 4. The Morgan fingerprint density at radius 1 is 1.04 bits per heavy atom. The van der Waals surface area contributed by atoms with Gasteiger partial charge in [0.25, 0.3) is 0 Å². The number of aromatic nitrogens is 2. The molecule has 0 spiro atoms. The van der Waals surface area contributed by atoms with Gasteiger partial charge in [-0.1, -0.05) is 43.7 Å². The van der Waals surface area contributed by atoms with Crippen molar-refractivity contribution in [2.75, 3.05) is 7.11 Å². The highest BCUT2D eigenvalue weighted by atomic mass is 35.5. The van der Waals surface area contributed by atoms with Gasteiger partial charge in [0, 0.05) is 16.9 Å². The fraction of sp³-hybridized carbons (Fsp3) is 0.391. The molecule has 0 saturated heterocycles. The van der Waals surface area contributed by atoms with Gasteiger partial charge in [0.1, 0.15) is 5.75 Å². The first-order valence-corrected chi connectivity index (χ1v) is 10.4. The lowest BCUT2D eigenvalue weighted by Crippen LogP contribution is -2.16. The van der Waals surface area contributed by atoms with Gasteiger partial charge < -0.3 is 4.74 Å². The summed E-state index contributed by atoms with van der Waals surface area (Å²) >= 11 is 6.43.